The Morgan fingerprint density at radius 1 is 1.56 bits per heavy atom. The Kier molecular flexibility index (Phi) is 4.49. The molecular formula is C10H17BrN4O. The molecule has 0 amide bonds. The first-order valence-corrected chi connectivity index (χ1v) is 5.98. The van der Waals surface area contributed by atoms with Gasteiger partial charge in [-0.15, -0.1) is 0 Å². The fourth-order valence-electron chi connectivity index (χ4n) is 1.41. The molecule has 0 fully saturated rings. The van der Waals surface area contributed by atoms with Gasteiger partial charge in [0, 0.05) is 6.54 Å². The van der Waals surface area contributed by atoms with Crippen LogP contribution < -0.4 is 11.1 Å². The second-order valence-electron chi connectivity index (χ2n) is 4.02. The van der Waals surface area contributed by atoms with Gasteiger partial charge < -0.3 is 16.2 Å². The largest absolute Gasteiger partial charge is 0.388 e. The van der Waals surface area contributed by atoms with Gasteiger partial charge in [-0.3, -0.25) is 0 Å². The molecule has 1 unspecified atom stereocenters. The number of hydrogen-bond donors (Lipinski definition) is 3. The molecule has 0 spiro atoms. The van der Waals surface area contributed by atoms with Crippen LogP contribution in [0.15, 0.2) is 10.8 Å². The monoisotopic (exact) mass is 288 g/mol. The van der Waals surface area contributed by atoms with Crippen LogP contribution in [0.2, 0.25) is 0 Å². The Hall–Kier alpha value is -0.880. The van der Waals surface area contributed by atoms with Gasteiger partial charge in [0.1, 0.15) is 22.4 Å². The van der Waals surface area contributed by atoms with E-state index in [9.17, 15) is 5.11 Å². The van der Waals surface area contributed by atoms with E-state index in [1.807, 2.05) is 6.92 Å². The van der Waals surface area contributed by atoms with E-state index >= 15 is 0 Å². The Balaban J connectivity index is 2.64. The van der Waals surface area contributed by atoms with Crippen molar-refractivity contribution in [2.45, 2.75) is 32.3 Å². The lowest BCUT2D eigenvalue weighted by atomic mass is 10.0. The number of nitrogens with two attached hydrogens (primary N) is 1. The lowest BCUT2D eigenvalue weighted by Gasteiger charge is -2.23. The summed E-state index contributed by atoms with van der Waals surface area (Å²) in [4.78, 5) is 7.88. The van der Waals surface area contributed by atoms with E-state index in [0.29, 0.717) is 22.7 Å². The van der Waals surface area contributed by atoms with Gasteiger partial charge in [-0.2, -0.15) is 0 Å². The van der Waals surface area contributed by atoms with Gasteiger partial charge in [0.25, 0.3) is 0 Å². The molecule has 4 N–H and O–H groups in total. The molecule has 0 aromatic carbocycles. The molecule has 0 radical (unpaired) electrons. The maximum absolute atomic E-state index is 9.98. The second kappa shape index (κ2) is 5.45. The maximum Gasteiger partial charge on any atom is 0.146 e. The molecule has 0 saturated heterocycles. The van der Waals surface area contributed by atoms with Crippen molar-refractivity contribution in [3.8, 4) is 0 Å². The van der Waals surface area contributed by atoms with Crippen molar-refractivity contribution >= 4 is 27.6 Å². The van der Waals surface area contributed by atoms with Crippen molar-refractivity contribution in [2.24, 2.45) is 0 Å². The molecule has 16 heavy (non-hydrogen) atoms. The van der Waals surface area contributed by atoms with Crippen LogP contribution in [-0.2, 0) is 0 Å². The first-order chi connectivity index (χ1) is 7.46. The van der Waals surface area contributed by atoms with E-state index in [1.165, 1.54) is 6.33 Å². The second-order valence-corrected chi connectivity index (χ2v) is 4.81. The van der Waals surface area contributed by atoms with Crippen LogP contribution in [0.3, 0.4) is 0 Å². The number of halogens is 1. The minimum atomic E-state index is -0.742. The van der Waals surface area contributed by atoms with Crippen molar-refractivity contribution in [3.05, 3.63) is 10.8 Å². The zero-order valence-electron chi connectivity index (χ0n) is 9.50. The van der Waals surface area contributed by atoms with Gasteiger partial charge in [-0.25, -0.2) is 9.97 Å². The molecule has 1 heterocycles. The number of nitrogen functional groups attached to an aromatic ring is 1. The van der Waals surface area contributed by atoms with E-state index in [2.05, 4.69) is 31.2 Å². The molecule has 0 bridgehead atoms. The van der Waals surface area contributed by atoms with Crippen molar-refractivity contribution in [2.75, 3.05) is 17.6 Å². The third kappa shape index (κ3) is 3.61. The van der Waals surface area contributed by atoms with Crippen LogP contribution in [0, 0.1) is 0 Å². The quantitative estimate of drug-likeness (QED) is 0.769. The lowest BCUT2D eigenvalue weighted by molar-refractivity contribution is 0.0636. The molecule has 0 aliphatic rings. The summed E-state index contributed by atoms with van der Waals surface area (Å²) in [6.45, 7) is 4.25. The van der Waals surface area contributed by atoms with Crippen molar-refractivity contribution in [1.29, 1.82) is 0 Å². The Morgan fingerprint density at radius 3 is 2.88 bits per heavy atom. The van der Waals surface area contributed by atoms with Crippen LogP contribution in [-0.4, -0.2) is 27.2 Å². The highest BCUT2D eigenvalue weighted by molar-refractivity contribution is 9.10. The van der Waals surface area contributed by atoms with Crippen molar-refractivity contribution < 1.29 is 5.11 Å². The third-order valence-electron chi connectivity index (χ3n) is 2.24. The van der Waals surface area contributed by atoms with E-state index in [4.69, 9.17) is 5.73 Å². The van der Waals surface area contributed by atoms with Gasteiger partial charge in [-0.05, 0) is 29.3 Å². The van der Waals surface area contributed by atoms with Crippen molar-refractivity contribution in [3.63, 3.8) is 0 Å². The van der Waals surface area contributed by atoms with Crippen LogP contribution in [0.4, 0.5) is 11.6 Å². The van der Waals surface area contributed by atoms with Crippen LogP contribution >= 0.6 is 15.9 Å². The molecule has 1 atom stereocenters. The topological polar surface area (TPSA) is 84.1 Å². The Morgan fingerprint density at radius 2 is 2.25 bits per heavy atom. The standard InChI is InChI=1S/C10H17BrN4O/c1-3-4-10(2,16)5-13-9-7(11)8(12)14-6-15-9/h6,16H,3-5H2,1-2H3,(H3,12,13,14,15). The van der Waals surface area contributed by atoms with Crippen LogP contribution in [0.25, 0.3) is 0 Å². The summed E-state index contributed by atoms with van der Waals surface area (Å²) in [5, 5.41) is 13.0. The fraction of sp³-hybridized carbons (Fsp3) is 0.600. The molecule has 1 aromatic heterocycles. The van der Waals surface area contributed by atoms with Gasteiger partial charge in [0.05, 0.1) is 5.60 Å². The number of anilines is 2. The summed E-state index contributed by atoms with van der Waals surface area (Å²) in [6, 6.07) is 0. The van der Waals surface area contributed by atoms with Crippen LogP contribution in [0.1, 0.15) is 26.7 Å². The highest BCUT2D eigenvalue weighted by Crippen LogP contribution is 2.24. The predicted molar refractivity (Wildman–Crippen MR) is 68.2 cm³/mol. The first kappa shape index (κ1) is 13.2. The molecule has 1 aromatic rings. The summed E-state index contributed by atoms with van der Waals surface area (Å²) >= 11 is 3.29. The average molecular weight is 289 g/mol. The van der Waals surface area contributed by atoms with E-state index in [0.717, 1.165) is 12.8 Å². The number of nitrogens with one attached hydrogen (secondary N) is 1. The Bertz CT molecular complexity index is 357. The minimum Gasteiger partial charge on any atom is -0.388 e. The Labute approximate surface area is 104 Å². The fourth-order valence-corrected chi connectivity index (χ4v) is 1.75. The molecule has 0 aliphatic carbocycles. The summed E-state index contributed by atoms with van der Waals surface area (Å²) in [5.41, 5.74) is 4.88. The van der Waals surface area contributed by atoms with Crippen LogP contribution in [0.5, 0.6) is 0 Å². The van der Waals surface area contributed by atoms with Gasteiger partial charge in [0.15, 0.2) is 0 Å². The predicted octanol–water partition coefficient (Wildman–Crippen LogP) is 1.78. The molecule has 90 valence electrons. The number of hydrogen-bond acceptors (Lipinski definition) is 5. The number of aromatic nitrogens is 2. The smallest absolute Gasteiger partial charge is 0.146 e. The molecule has 5 nitrogen and oxygen atoms in total. The minimum absolute atomic E-state index is 0.382. The zero-order chi connectivity index (χ0) is 12.2. The van der Waals surface area contributed by atoms with Gasteiger partial charge in [0.2, 0.25) is 0 Å². The molecule has 0 aliphatic heterocycles. The van der Waals surface area contributed by atoms with Crippen molar-refractivity contribution in [1.82, 2.24) is 9.97 Å². The summed E-state index contributed by atoms with van der Waals surface area (Å²) < 4.78 is 0.627. The average Bonchev–Trinajstić information content (AvgIpc) is 2.20. The molecular weight excluding hydrogens is 272 g/mol. The van der Waals surface area contributed by atoms with Gasteiger partial charge >= 0.3 is 0 Å². The maximum atomic E-state index is 9.98. The summed E-state index contributed by atoms with van der Waals surface area (Å²) in [7, 11) is 0. The lowest BCUT2D eigenvalue weighted by Crippen LogP contribution is -2.33. The molecule has 6 heteroatoms. The third-order valence-corrected chi connectivity index (χ3v) is 3.02. The molecule has 0 saturated carbocycles. The number of rotatable bonds is 5. The summed E-state index contributed by atoms with van der Waals surface area (Å²) in [6.07, 6.45) is 3.05. The highest BCUT2D eigenvalue weighted by Gasteiger charge is 2.19. The zero-order valence-corrected chi connectivity index (χ0v) is 11.1. The number of aliphatic hydroxyl groups is 1. The summed E-state index contributed by atoms with van der Waals surface area (Å²) in [5.74, 6) is 0.983. The van der Waals surface area contributed by atoms with E-state index in [1.54, 1.807) is 6.92 Å². The highest BCUT2D eigenvalue weighted by atomic mass is 79.9. The van der Waals surface area contributed by atoms with E-state index < -0.39 is 5.60 Å². The SMILES string of the molecule is CCCC(C)(O)CNc1ncnc(N)c1Br. The van der Waals surface area contributed by atoms with Gasteiger partial charge in [-0.1, -0.05) is 13.3 Å². The first-order valence-electron chi connectivity index (χ1n) is 5.18. The van der Waals surface area contributed by atoms with E-state index in [-0.39, 0.29) is 0 Å². The normalized spacial score (nSPS) is 14.5. The molecule has 1 rings (SSSR count). The number of nitrogens with zero attached hydrogens (tertiary/aromatic N) is 2.